The number of carbonyl (C=O) groups is 2. The van der Waals surface area contributed by atoms with Crippen molar-refractivity contribution in [2.24, 2.45) is 5.92 Å². The molecule has 0 aliphatic carbocycles. The number of hydrogen-bond donors (Lipinski definition) is 1. The molecular weight excluding hydrogens is 390 g/mol. The first kappa shape index (κ1) is 21.5. The molecule has 2 aromatic carbocycles. The lowest BCUT2D eigenvalue weighted by atomic mass is 10.1. The molecule has 6 heteroatoms. The van der Waals surface area contributed by atoms with E-state index in [2.05, 4.69) is 29.3 Å². The zero-order valence-electron chi connectivity index (χ0n) is 18.2. The van der Waals surface area contributed by atoms with Crippen LogP contribution >= 0.6 is 0 Å². The summed E-state index contributed by atoms with van der Waals surface area (Å²) in [7, 11) is 0. The molecule has 31 heavy (non-hydrogen) atoms. The van der Waals surface area contributed by atoms with Crippen LogP contribution in [0.4, 0.5) is 5.69 Å². The van der Waals surface area contributed by atoms with Crippen LogP contribution < -0.4 is 10.2 Å². The molecule has 0 spiro atoms. The summed E-state index contributed by atoms with van der Waals surface area (Å²) in [6, 6.07) is 16.3. The molecule has 0 bridgehead atoms. The van der Waals surface area contributed by atoms with Gasteiger partial charge in [0.15, 0.2) is 0 Å². The monoisotopic (exact) mass is 421 g/mol. The summed E-state index contributed by atoms with van der Waals surface area (Å²) >= 11 is 0. The van der Waals surface area contributed by atoms with Crippen molar-refractivity contribution < 1.29 is 14.3 Å². The van der Waals surface area contributed by atoms with Crippen LogP contribution in [-0.4, -0.2) is 49.6 Å². The molecule has 1 atom stereocenters. The van der Waals surface area contributed by atoms with Gasteiger partial charge in [-0.25, -0.2) is 0 Å². The second-order valence-electron chi connectivity index (χ2n) is 8.30. The van der Waals surface area contributed by atoms with Crippen LogP contribution in [0, 0.1) is 5.92 Å². The second kappa shape index (κ2) is 10.1. The Balaban J connectivity index is 1.34. The number of nitrogens with zero attached hydrogens (tertiary/aromatic N) is 2. The molecule has 4 rings (SSSR count). The van der Waals surface area contributed by atoms with Crippen molar-refractivity contribution in [2.45, 2.75) is 32.9 Å². The molecule has 0 saturated carbocycles. The number of aryl methyl sites for hydroxylation is 1. The molecule has 6 nitrogen and oxygen atoms in total. The number of rotatable bonds is 7. The van der Waals surface area contributed by atoms with Crippen LogP contribution in [0.25, 0.3) is 0 Å². The fourth-order valence-electron chi connectivity index (χ4n) is 4.26. The average molecular weight is 422 g/mol. The Labute approximate surface area is 184 Å². The number of morpholine rings is 1. The fourth-order valence-corrected chi connectivity index (χ4v) is 4.26. The highest BCUT2D eigenvalue weighted by Gasteiger charge is 2.35. The summed E-state index contributed by atoms with van der Waals surface area (Å²) in [4.78, 5) is 29.5. The molecule has 2 fully saturated rings. The number of ether oxygens (including phenoxy) is 1. The van der Waals surface area contributed by atoms with Crippen LogP contribution in [-0.2, 0) is 33.8 Å². The van der Waals surface area contributed by atoms with Crippen molar-refractivity contribution in [3.05, 3.63) is 65.2 Å². The Morgan fingerprint density at radius 3 is 2.48 bits per heavy atom. The third-order valence-corrected chi connectivity index (χ3v) is 6.22. The summed E-state index contributed by atoms with van der Waals surface area (Å²) in [5.74, 6) is -0.357. The van der Waals surface area contributed by atoms with E-state index in [0.717, 1.165) is 50.5 Å². The van der Waals surface area contributed by atoms with E-state index in [9.17, 15) is 9.59 Å². The van der Waals surface area contributed by atoms with Gasteiger partial charge < -0.3 is 15.0 Å². The van der Waals surface area contributed by atoms with Gasteiger partial charge in [0, 0.05) is 44.8 Å². The first-order chi connectivity index (χ1) is 15.1. The Bertz CT molecular complexity index is 906. The largest absolute Gasteiger partial charge is 0.379 e. The van der Waals surface area contributed by atoms with E-state index in [0.29, 0.717) is 13.1 Å². The molecule has 2 amide bonds. The van der Waals surface area contributed by atoms with Crippen molar-refractivity contribution in [2.75, 3.05) is 37.7 Å². The lowest BCUT2D eigenvalue weighted by Gasteiger charge is -2.27. The van der Waals surface area contributed by atoms with E-state index in [1.807, 2.05) is 36.4 Å². The second-order valence-corrected chi connectivity index (χ2v) is 8.30. The van der Waals surface area contributed by atoms with Gasteiger partial charge in [-0.05, 0) is 35.2 Å². The molecule has 0 aromatic heterocycles. The zero-order valence-corrected chi connectivity index (χ0v) is 18.2. The average Bonchev–Trinajstić information content (AvgIpc) is 3.21. The van der Waals surface area contributed by atoms with E-state index < -0.39 is 0 Å². The van der Waals surface area contributed by atoms with Crippen LogP contribution in [0.2, 0.25) is 0 Å². The lowest BCUT2D eigenvalue weighted by molar-refractivity contribution is -0.126. The zero-order chi connectivity index (χ0) is 21.6. The van der Waals surface area contributed by atoms with Crippen LogP contribution in [0.5, 0.6) is 0 Å². The normalized spacial score (nSPS) is 19.6. The van der Waals surface area contributed by atoms with Crippen LogP contribution in [0.3, 0.4) is 0 Å². The van der Waals surface area contributed by atoms with Gasteiger partial charge in [-0.3, -0.25) is 14.5 Å². The van der Waals surface area contributed by atoms with E-state index in [-0.39, 0.29) is 24.2 Å². The molecule has 1 N–H and O–H groups in total. The number of amides is 2. The fraction of sp³-hybridized carbons (Fsp3) is 0.440. The summed E-state index contributed by atoms with van der Waals surface area (Å²) < 4.78 is 5.43. The molecule has 164 valence electrons. The maximum Gasteiger partial charge on any atom is 0.227 e. The van der Waals surface area contributed by atoms with Crippen molar-refractivity contribution in [3.63, 3.8) is 0 Å². The van der Waals surface area contributed by atoms with Gasteiger partial charge in [0.25, 0.3) is 0 Å². The molecule has 2 aliphatic heterocycles. The number of anilines is 1. The summed E-state index contributed by atoms with van der Waals surface area (Å²) in [6.07, 6.45) is 1.23. The molecular formula is C25H31N3O3. The first-order valence-corrected chi connectivity index (χ1v) is 11.2. The minimum Gasteiger partial charge on any atom is -0.379 e. The third-order valence-electron chi connectivity index (χ3n) is 6.22. The van der Waals surface area contributed by atoms with Gasteiger partial charge in [0.05, 0.1) is 19.1 Å². The maximum absolute atomic E-state index is 12.8. The van der Waals surface area contributed by atoms with Crippen molar-refractivity contribution in [3.8, 4) is 0 Å². The van der Waals surface area contributed by atoms with Gasteiger partial charge in [-0.2, -0.15) is 0 Å². The van der Waals surface area contributed by atoms with Crippen LogP contribution in [0.1, 0.15) is 30.0 Å². The maximum atomic E-state index is 12.8. The Morgan fingerprint density at radius 2 is 1.77 bits per heavy atom. The highest BCUT2D eigenvalue weighted by atomic mass is 16.5. The number of carbonyl (C=O) groups excluding carboxylic acids is 2. The van der Waals surface area contributed by atoms with Crippen molar-refractivity contribution in [1.29, 1.82) is 0 Å². The van der Waals surface area contributed by atoms with Gasteiger partial charge >= 0.3 is 0 Å². The topological polar surface area (TPSA) is 61.9 Å². The van der Waals surface area contributed by atoms with E-state index in [1.54, 1.807) is 4.90 Å². The predicted octanol–water partition coefficient (Wildman–Crippen LogP) is 2.75. The van der Waals surface area contributed by atoms with E-state index in [4.69, 9.17) is 4.74 Å². The number of hydrogen-bond acceptors (Lipinski definition) is 4. The number of benzene rings is 2. The molecule has 2 aliphatic rings. The Hall–Kier alpha value is -2.70. The summed E-state index contributed by atoms with van der Waals surface area (Å²) in [6.45, 7) is 7.29. The van der Waals surface area contributed by atoms with E-state index in [1.165, 1.54) is 11.1 Å². The quantitative estimate of drug-likeness (QED) is 0.747. The molecule has 2 heterocycles. The van der Waals surface area contributed by atoms with Gasteiger partial charge in [0.2, 0.25) is 11.8 Å². The Morgan fingerprint density at radius 1 is 1.06 bits per heavy atom. The lowest BCUT2D eigenvalue weighted by Crippen LogP contribution is -2.36. The highest BCUT2D eigenvalue weighted by molar-refractivity contribution is 6.00. The minimum atomic E-state index is -0.315. The number of nitrogens with one attached hydrogen (secondary N) is 1. The Kier molecular flexibility index (Phi) is 6.99. The smallest absolute Gasteiger partial charge is 0.227 e. The molecule has 1 unspecified atom stereocenters. The minimum absolute atomic E-state index is 0.0112. The standard InChI is InChI=1S/C25H31N3O3/c1-2-19-7-9-23(10-8-19)28-18-22(15-24(28)29)25(30)26-16-20-5-3-4-6-21(20)17-27-11-13-31-14-12-27/h3-10,22H,2,11-18H2,1H3,(H,26,30). The highest BCUT2D eigenvalue weighted by Crippen LogP contribution is 2.26. The summed E-state index contributed by atoms with van der Waals surface area (Å²) in [5, 5.41) is 3.07. The first-order valence-electron chi connectivity index (χ1n) is 11.2. The van der Waals surface area contributed by atoms with Crippen molar-refractivity contribution in [1.82, 2.24) is 10.2 Å². The van der Waals surface area contributed by atoms with Gasteiger partial charge in [0.1, 0.15) is 0 Å². The molecule has 2 saturated heterocycles. The van der Waals surface area contributed by atoms with Crippen molar-refractivity contribution >= 4 is 17.5 Å². The van der Waals surface area contributed by atoms with Gasteiger partial charge in [-0.15, -0.1) is 0 Å². The molecule has 2 aromatic rings. The molecule has 0 radical (unpaired) electrons. The van der Waals surface area contributed by atoms with E-state index >= 15 is 0 Å². The predicted molar refractivity (Wildman–Crippen MR) is 121 cm³/mol. The van der Waals surface area contributed by atoms with Gasteiger partial charge in [-0.1, -0.05) is 43.3 Å². The third kappa shape index (κ3) is 5.32. The van der Waals surface area contributed by atoms with Crippen LogP contribution in [0.15, 0.2) is 48.5 Å². The summed E-state index contributed by atoms with van der Waals surface area (Å²) in [5.41, 5.74) is 4.46. The SMILES string of the molecule is CCc1ccc(N2CC(C(=O)NCc3ccccc3CN3CCOCC3)CC2=O)cc1.